The molecule has 11 atom stereocenters. The van der Waals surface area contributed by atoms with Crippen LogP contribution in [0.15, 0.2) is 60.8 Å². The van der Waals surface area contributed by atoms with Crippen molar-refractivity contribution in [3.05, 3.63) is 60.8 Å². The molecule has 15 heteroatoms. The van der Waals surface area contributed by atoms with Crippen LogP contribution >= 0.6 is 0 Å². The standard InChI is InChI=1S/C59H102O15/c1-3-5-7-9-11-13-15-17-19-21-22-23-24-26-28-30-32-34-36-38-40-42-51(62)72-47(44-69-50(61)41-39-37-35-33-31-29-27-25-20-18-16-14-12-10-8-6-4-2)45-70-58-57(68)55(66)53(64)49(74-58)46-71-59-56(67)54(65)52(63)48(43-60)73-59/h18-21,23-24,28,30,34,36,47-49,52-60,63-68H,3-17,22,25-27,29,31-33,35,37-46H2,1-2H3/b20-18+,21-19+,24-23+,30-28+,36-34+/t47-,48+,49+,52-,53-,54?,55?,56?,57?,58+,59+/m1/s1. The van der Waals surface area contributed by atoms with Gasteiger partial charge in [0.1, 0.15) is 55.4 Å². The molecule has 428 valence electrons. The van der Waals surface area contributed by atoms with Crippen LogP contribution in [-0.4, -0.2) is 142 Å². The SMILES string of the molecule is CCCCCCCC/C=C/CCCCCCCCCC(=O)OC[C@H](CO[C@H]1O[C@@H](CO[C@H]2O[C@@H](CO)[C@@H](O)C(O)C2O)[C@@H](O)C(O)C1O)OC(=O)CCC/C=C/C/C=C/C/C=C/C/C=C/CCCCCCCCC. The van der Waals surface area contributed by atoms with Crippen LogP contribution < -0.4 is 0 Å². The summed E-state index contributed by atoms with van der Waals surface area (Å²) >= 11 is 0. The van der Waals surface area contributed by atoms with Crippen LogP contribution in [-0.2, 0) is 38.0 Å². The summed E-state index contributed by atoms with van der Waals surface area (Å²) in [6.45, 7) is 2.54. The zero-order chi connectivity index (χ0) is 53.9. The molecule has 0 aromatic heterocycles. The van der Waals surface area contributed by atoms with Crippen molar-refractivity contribution in [2.24, 2.45) is 0 Å². The van der Waals surface area contributed by atoms with Crippen LogP contribution in [0, 0.1) is 0 Å². The van der Waals surface area contributed by atoms with Gasteiger partial charge in [0, 0.05) is 12.8 Å². The van der Waals surface area contributed by atoms with Crippen molar-refractivity contribution in [3.63, 3.8) is 0 Å². The Bertz CT molecular complexity index is 1520. The normalized spacial score (nSPS) is 25.1. The zero-order valence-electron chi connectivity index (χ0n) is 45.6. The lowest BCUT2D eigenvalue weighted by Gasteiger charge is -2.42. The van der Waals surface area contributed by atoms with Gasteiger partial charge < -0.3 is 64.2 Å². The van der Waals surface area contributed by atoms with E-state index in [1.165, 1.54) is 103 Å². The minimum atomic E-state index is -1.78. The lowest BCUT2D eigenvalue weighted by atomic mass is 9.98. The molecular weight excluding hydrogens is 949 g/mol. The molecule has 4 unspecified atom stereocenters. The second-order valence-electron chi connectivity index (χ2n) is 20.1. The second kappa shape index (κ2) is 45.2. The van der Waals surface area contributed by atoms with Gasteiger partial charge in [0.05, 0.1) is 19.8 Å². The average Bonchev–Trinajstić information content (AvgIpc) is 3.39. The highest BCUT2D eigenvalue weighted by molar-refractivity contribution is 5.70. The van der Waals surface area contributed by atoms with Crippen molar-refractivity contribution in [2.45, 2.75) is 274 Å². The maximum Gasteiger partial charge on any atom is 0.306 e. The first kappa shape index (κ1) is 67.3. The summed E-state index contributed by atoms with van der Waals surface area (Å²) in [7, 11) is 0. The molecule has 2 aliphatic heterocycles. The quantitative estimate of drug-likeness (QED) is 0.0171. The van der Waals surface area contributed by atoms with E-state index in [9.17, 15) is 45.3 Å². The fourth-order valence-electron chi connectivity index (χ4n) is 8.73. The van der Waals surface area contributed by atoms with Gasteiger partial charge in [0.2, 0.25) is 0 Å². The van der Waals surface area contributed by atoms with E-state index in [2.05, 4.69) is 68.5 Å². The molecule has 2 aliphatic rings. The van der Waals surface area contributed by atoms with E-state index in [-0.39, 0.29) is 19.4 Å². The van der Waals surface area contributed by atoms with Crippen molar-refractivity contribution in [3.8, 4) is 0 Å². The number of aliphatic hydroxyl groups excluding tert-OH is 7. The topological polar surface area (TPSA) is 231 Å². The third kappa shape index (κ3) is 32.1. The van der Waals surface area contributed by atoms with E-state index in [0.29, 0.717) is 19.3 Å². The summed E-state index contributed by atoms with van der Waals surface area (Å²) in [5, 5.41) is 72.2. The third-order valence-electron chi connectivity index (χ3n) is 13.5. The van der Waals surface area contributed by atoms with Crippen LogP contribution in [0.2, 0.25) is 0 Å². The highest BCUT2D eigenvalue weighted by atomic mass is 16.7. The molecule has 2 fully saturated rings. The van der Waals surface area contributed by atoms with E-state index < -0.39 is 99.3 Å². The lowest BCUT2D eigenvalue weighted by Crippen LogP contribution is -2.61. The van der Waals surface area contributed by atoms with Crippen LogP contribution in [0.3, 0.4) is 0 Å². The number of carbonyl (C=O) groups is 2. The summed E-state index contributed by atoms with van der Waals surface area (Å²) < 4.78 is 33.6. The van der Waals surface area contributed by atoms with Gasteiger partial charge in [-0.15, -0.1) is 0 Å². The number of aliphatic hydroxyl groups is 7. The predicted octanol–water partition coefficient (Wildman–Crippen LogP) is 9.61. The van der Waals surface area contributed by atoms with Crippen LogP contribution in [0.4, 0.5) is 0 Å². The van der Waals surface area contributed by atoms with E-state index in [1.54, 1.807) is 0 Å². The number of hydrogen-bond donors (Lipinski definition) is 7. The number of unbranched alkanes of at least 4 members (excludes halogenated alkanes) is 21. The summed E-state index contributed by atoms with van der Waals surface area (Å²) in [6, 6.07) is 0. The Hall–Kier alpha value is -2.80. The van der Waals surface area contributed by atoms with Gasteiger partial charge in [-0.1, -0.05) is 177 Å². The molecule has 0 saturated carbocycles. The third-order valence-corrected chi connectivity index (χ3v) is 13.5. The van der Waals surface area contributed by atoms with Gasteiger partial charge in [-0.25, -0.2) is 0 Å². The molecule has 0 aromatic carbocycles. The monoisotopic (exact) mass is 1050 g/mol. The van der Waals surface area contributed by atoms with Crippen molar-refractivity contribution >= 4 is 11.9 Å². The Morgan fingerprint density at radius 3 is 1.32 bits per heavy atom. The Morgan fingerprint density at radius 1 is 0.432 bits per heavy atom. The molecule has 7 N–H and O–H groups in total. The molecule has 0 amide bonds. The molecule has 0 radical (unpaired) electrons. The summed E-state index contributed by atoms with van der Waals surface area (Å²) in [5.74, 6) is -0.994. The van der Waals surface area contributed by atoms with E-state index >= 15 is 0 Å². The summed E-state index contributed by atoms with van der Waals surface area (Å²) in [4.78, 5) is 25.9. The molecule has 2 heterocycles. The van der Waals surface area contributed by atoms with Crippen molar-refractivity contribution in [1.29, 1.82) is 0 Å². The van der Waals surface area contributed by atoms with Gasteiger partial charge in [-0.2, -0.15) is 0 Å². The molecule has 74 heavy (non-hydrogen) atoms. The zero-order valence-corrected chi connectivity index (χ0v) is 45.6. The number of carbonyl (C=O) groups excluding carboxylic acids is 2. The minimum Gasteiger partial charge on any atom is -0.462 e. The van der Waals surface area contributed by atoms with Crippen LogP contribution in [0.25, 0.3) is 0 Å². The fourth-order valence-corrected chi connectivity index (χ4v) is 8.73. The van der Waals surface area contributed by atoms with Crippen LogP contribution in [0.5, 0.6) is 0 Å². The number of esters is 2. The summed E-state index contributed by atoms with van der Waals surface area (Å²) in [6.07, 6.45) is 36.8. The predicted molar refractivity (Wildman–Crippen MR) is 289 cm³/mol. The summed E-state index contributed by atoms with van der Waals surface area (Å²) in [5.41, 5.74) is 0. The second-order valence-corrected chi connectivity index (χ2v) is 20.1. The molecule has 15 nitrogen and oxygen atoms in total. The minimum absolute atomic E-state index is 0.0870. The van der Waals surface area contributed by atoms with E-state index in [4.69, 9.17) is 28.4 Å². The van der Waals surface area contributed by atoms with Crippen molar-refractivity contribution < 1.29 is 73.8 Å². The largest absolute Gasteiger partial charge is 0.462 e. The molecule has 0 aliphatic carbocycles. The van der Waals surface area contributed by atoms with Crippen molar-refractivity contribution in [1.82, 2.24) is 0 Å². The van der Waals surface area contributed by atoms with Gasteiger partial charge in [0.25, 0.3) is 0 Å². The first-order chi connectivity index (χ1) is 36.0. The molecule has 0 spiro atoms. The first-order valence-corrected chi connectivity index (χ1v) is 28.9. The van der Waals surface area contributed by atoms with E-state index in [1.807, 2.05) is 6.08 Å². The van der Waals surface area contributed by atoms with Gasteiger partial charge in [-0.3, -0.25) is 9.59 Å². The van der Waals surface area contributed by atoms with Gasteiger partial charge in [-0.05, 0) is 77.0 Å². The molecule has 2 saturated heterocycles. The van der Waals surface area contributed by atoms with Gasteiger partial charge >= 0.3 is 11.9 Å². The molecule has 2 rings (SSSR count). The Morgan fingerprint density at radius 2 is 0.824 bits per heavy atom. The van der Waals surface area contributed by atoms with Crippen LogP contribution in [0.1, 0.15) is 206 Å². The number of hydrogen-bond acceptors (Lipinski definition) is 15. The highest BCUT2D eigenvalue weighted by Crippen LogP contribution is 2.26. The Balaban J connectivity index is 1.80. The maximum absolute atomic E-state index is 13.0. The molecule has 0 bridgehead atoms. The number of ether oxygens (including phenoxy) is 6. The Labute approximate surface area is 445 Å². The maximum atomic E-state index is 13.0. The van der Waals surface area contributed by atoms with E-state index in [0.717, 1.165) is 57.8 Å². The van der Waals surface area contributed by atoms with Gasteiger partial charge in [0.15, 0.2) is 18.7 Å². The van der Waals surface area contributed by atoms with Crippen molar-refractivity contribution in [2.75, 3.05) is 26.4 Å². The Kier molecular flexibility index (Phi) is 41.2. The molecule has 0 aromatic rings. The fraction of sp³-hybridized carbons (Fsp3) is 0.797. The lowest BCUT2D eigenvalue weighted by molar-refractivity contribution is -0.332. The first-order valence-electron chi connectivity index (χ1n) is 28.9. The average molecular weight is 1050 g/mol. The smallest absolute Gasteiger partial charge is 0.306 e. The number of allylic oxidation sites excluding steroid dienone is 10. The number of rotatable bonds is 45. The molecular formula is C59H102O15. The highest BCUT2D eigenvalue weighted by Gasteiger charge is 2.47.